The van der Waals surface area contributed by atoms with E-state index in [0.717, 1.165) is 92.9 Å². The van der Waals surface area contributed by atoms with E-state index in [1.54, 1.807) is 67.3 Å². The molecule has 0 fully saturated rings. The lowest BCUT2D eigenvalue weighted by molar-refractivity contribution is 0.111. The summed E-state index contributed by atoms with van der Waals surface area (Å²) in [6.45, 7) is 0. The Morgan fingerprint density at radius 2 is 0.532 bits per heavy atom. The molecule has 0 bridgehead atoms. The Bertz CT molecular complexity index is 2630. The molecule has 9 aromatic rings. The van der Waals surface area contributed by atoms with Crippen molar-refractivity contribution in [3.63, 3.8) is 0 Å². The Morgan fingerprint density at radius 3 is 0.726 bits per heavy atom. The van der Waals surface area contributed by atoms with Crippen LogP contribution in [0.15, 0.2) is 134 Å². The van der Waals surface area contributed by atoms with Gasteiger partial charge in [-0.3, -0.25) is 19.2 Å². The molecule has 0 radical (unpaired) electrons. The highest BCUT2D eigenvalue weighted by molar-refractivity contribution is 5.76. The number of hydrogen-bond donors (Lipinski definition) is 0. The third-order valence-electron chi connectivity index (χ3n) is 10.3. The Hall–Kier alpha value is -8.66. The molecule has 0 spiro atoms. The third-order valence-corrected chi connectivity index (χ3v) is 10.3. The fourth-order valence-corrected chi connectivity index (χ4v) is 7.08. The van der Waals surface area contributed by atoms with E-state index >= 15 is 0 Å². The van der Waals surface area contributed by atoms with Crippen LogP contribution in [-0.2, 0) is 25.7 Å². The van der Waals surface area contributed by atoms with Gasteiger partial charge < -0.3 is 0 Å². The summed E-state index contributed by atoms with van der Waals surface area (Å²) in [5, 5.41) is 35.7. The van der Waals surface area contributed by atoms with Crippen LogP contribution in [0.4, 0.5) is 0 Å². The van der Waals surface area contributed by atoms with Crippen molar-refractivity contribution in [2.45, 2.75) is 25.7 Å². The molecular weight excluding hydrogens is 785 g/mol. The molecule has 0 amide bonds. The Morgan fingerprint density at radius 1 is 0.323 bits per heavy atom. The number of aromatic nitrogens is 12. The molecule has 62 heavy (non-hydrogen) atoms. The van der Waals surface area contributed by atoms with Gasteiger partial charge >= 0.3 is 0 Å². The van der Waals surface area contributed by atoms with E-state index in [4.69, 9.17) is 0 Å². The van der Waals surface area contributed by atoms with Gasteiger partial charge in [0, 0.05) is 47.9 Å². The lowest BCUT2D eigenvalue weighted by Crippen LogP contribution is -2.06. The second-order valence-corrected chi connectivity index (χ2v) is 14.6. The SMILES string of the molecule is O=Cc1ccc(-n2cc(Cc3cc(Cc4cn(-c5ccc(C=O)cc5)nn4)c(Cc4cn(-c5ccc(C=O)cc5)nn4)cc3Cc3cn(-c4ccc(C=O)cc4)nn3)nn2)cc1. The molecule has 4 aromatic heterocycles. The van der Waals surface area contributed by atoms with E-state index in [1.807, 2.05) is 73.3 Å². The van der Waals surface area contributed by atoms with E-state index in [9.17, 15) is 19.2 Å². The highest BCUT2D eigenvalue weighted by atomic mass is 16.1. The highest BCUT2D eigenvalue weighted by Gasteiger charge is 2.18. The molecular formula is C46H34N12O4. The summed E-state index contributed by atoms with van der Waals surface area (Å²) in [5.74, 6) is 0. The molecule has 16 nitrogen and oxygen atoms in total. The van der Waals surface area contributed by atoms with Crippen LogP contribution in [0.25, 0.3) is 22.7 Å². The first kappa shape index (κ1) is 38.8. The van der Waals surface area contributed by atoms with Crippen molar-refractivity contribution in [2.24, 2.45) is 0 Å². The van der Waals surface area contributed by atoms with Crippen LogP contribution in [0.3, 0.4) is 0 Å². The van der Waals surface area contributed by atoms with Crippen molar-refractivity contribution in [1.82, 2.24) is 60.0 Å². The van der Waals surface area contributed by atoms with E-state index in [0.29, 0.717) is 47.9 Å². The summed E-state index contributed by atoms with van der Waals surface area (Å²) in [7, 11) is 0. The fraction of sp³-hybridized carbons (Fsp3) is 0.0870. The molecule has 0 unspecified atom stereocenters. The zero-order valence-corrected chi connectivity index (χ0v) is 32.8. The highest BCUT2D eigenvalue weighted by Crippen LogP contribution is 2.27. The summed E-state index contributed by atoms with van der Waals surface area (Å²) in [5.41, 5.74) is 12.1. The van der Waals surface area contributed by atoms with Crippen LogP contribution < -0.4 is 0 Å². The molecule has 0 aliphatic heterocycles. The first-order chi connectivity index (χ1) is 30.4. The molecule has 16 heteroatoms. The number of carbonyl (C=O) groups is 4. The van der Waals surface area contributed by atoms with Crippen molar-refractivity contribution in [3.05, 3.63) is 201 Å². The topological polar surface area (TPSA) is 191 Å². The van der Waals surface area contributed by atoms with Crippen LogP contribution in [0, 0.1) is 0 Å². The summed E-state index contributed by atoms with van der Waals surface area (Å²) >= 11 is 0. The maximum atomic E-state index is 11.3. The molecule has 4 heterocycles. The summed E-state index contributed by atoms with van der Waals surface area (Å²) < 4.78 is 6.71. The number of rotatable bonds is 16. The van der Waals surface area contributed by atoms with Crippen molar-refractivity contribution >= 4 is 25.1 Å². The van der Waals surface area contributed by atoms with Crippen LogP contribution in [0.1, 0.15) is 86.5 Å². The number of carbonyl (C=O) groups excluding carboxylic acids is 4. The monoisotopic (exact) mass is 818 g/mol. The van der Waals surface area contributed by atoms with Gasteiger partial charge in [-0.05, 0) is 119 Å². The predicted octanol–water partition coefficient (Wildman–Crippen LogP) is 5.62. The Kier molecular flexibility index (Phi) is 10.8. The molecule has 9 rings (SSSR count). The van der Waals surface area contributed by atoms with Crippen molar-refractivity contribution in [1.29, 1.82) is 0 Å². The van der Waals surface area contributed by atoms with Crippen LogP contribution in [-0.4, -0.2) is 85.1 Å². The van der Waals surface area contributed by atoms with E-state index in [1.165, 1.54) is 0 Å². The molecule has 5 aromatic carbocycles. The molecule has 0 saturated carbocycles. The molecule has 0 aliphatic carbocycles. The largest absolute Gasteiger partial charge is 0.298 e. The smallest absolute Gasteiger partial charge is 0.150 e. The molecule has 0 saturated heterocycles. The summed E-state index contributed by atoms with van der Waals surface area (Å²) in [6.07, 6.45) is 12.4. The third kappa shape index (κ3) is 8.55. The first-order valence-electron chi connectivity index (χ1n) is 19.4. The van der Waals surface area contributed by atoms with Gasteiger partial charge in [-0.15, -0.1) is 20.4 Å². The minimum absolute atomic E-state index is 0.430. The predicted molar refractivity (Wildman–Crippen MR) is 225 cm³/mol. The quantitative estimate of drug-likeness (QED) is 0.110. The molecule has 0 N–H and O–H groups in total. The zero-order valence-electron chi connectivity index (χ0n) is 32.8. The zero-order chi connectivity index (χ0) is 42.4. The van der Waals surface area contributed by atoms with Gasteiger partial charge in [0.15, 0.2) is 0 Å². The number of benzene rings is 5. The number of aldehydes is 4. The van der Waals surface area contributed by atoms with Crippen LogP contribution in [0.2, 0.25) is 0 Å². The van der Waals surface area contributed by atoms with Gasteiger partial charge in [-0.2, -0.15) is 0 Å². The number of nitrogens with zero attached hydrogens (tertiary/aromatic N) is 12. The maximum Gasteiger partial charge on any atom is 0.150 e. The Labute approximate surface area is 353 Å². The average molecular weight is 819 g/mol. The van der Waals surface area contributed by atoms with Crippen molar-refractivity contribution < 1.29 is 19.2 Å². The normalized spacial score (nSPS) is 11.1. The molecule has 0 aliphatic rings. The maximum absolute atomic E-state index is 11.3. The Balaban J connectivity index is 1.10. The fourth-order valence-electron chi connectivity index (χ4n) is 7.08. The van der Waals surface area contributed by atoms with E-state index in [2.05, 4.69) is 53.4 Å². The van der Waals surface area contributed by atoms with Crippen molar-refractivity contribution in [2.75, 3.05) is 0 Å². The average Bonchev–Trinajstić information content (AvgIpc) is 4.17. The molecule has 302 valence electrons. The van der Waals surface area contributed by atoms with E-state index < -0.39 is 0 Å². The first-order valence-corrected chi connectivity index (χ1v) is 19.4. The van der Waals surface area contributed by atoms with Gasteiger partial charge in [0.2, 0.25) is 0 Å². The summed E-state index contributed by atoms with van der Waals surface area (Å²) in [4.78, 5) is 45.1. The van der Waals surface area contributed by atoms with E-state index in [-0.39, 0.29) is 0 Å². The standard InChI is InChI=1S/C46H34N12O4/c59-27-31-1-9-43(10-2-31)55-23-39(47-51-55)19-35-17-37(21-41-25-57(53-49-41)45-13-5-33(29-61)6-14-45)38(22-42-26-58(54-50-42)46-15-7-34(30-62)8-16-46)18-36(35)20-40-24-56(52-48-40)44-11-3-32(28-60)4-12-44/h1-18,23-30H,19-22H2. The second kappa shape index (κ2) is 17.3. The lowest BCUT2D eigenvalue weighted by Gasteiger charge is -2.15. The lowest BCUT2D eigenvalue weighted by atomic mass is 9.90. The molecule has 0 atom stereocenters. The minimum Gasteiger partial charge on any atom is -0.298 e. The minimum atomic E-state index is 0.430. The van der Waals surface area contributed by atoms with Gasteiger partial charge in [0.25, 0.3) is 0 Å². The second-order valence-electron chi connectivity index (χ2n) is 14.6. The van der Waals surface area contributed by atoms with Gasteiger partial charge in [0.05, 0.1) is 70.3 Å². The van der Waals surface area contributed by atoms with Gasteiger partial charge in [0.1, 0.15) is 25.1 Å². The van der Waals surface area contributed by atoms with Crippen LogP contribution in [0.5, 0.6) is 0 Å². The van der Waals surface area contributed by atoms with Crippen LogP contribution >= 0.6 is 0 Å². The van der Waals surface area contributed by atoms with Gasteiger partial charge in [-0.1, -0.05) is 33.0 Å². The van der Waals surface area contributed by atoms with Crippen molar-refractivity contribution in [3.8, 4) is 22.7 Å². The van der Waals surface area contributed by atoms with Gasteiger partial charge in [-0.25, -0.2) is 18.7 Å². The summed E-state index contributed by atoms with van der Waals surface area (Å²) in [6, 6.07) is 32.7. The number of hydrogen-bond acceptors (Lipinski definition) is 12.